The minimum atomic E-state index is -1.93. The molecule has 0 aliphatic heterocycles. The van der Waals surface area contributed by atoms with Gasteiger partial charge < -0.3 is 24.8 Å². The average Bonchev–Trinajstić information content (AvgIpc) is 3.20. The van der Waals surface area contributed by atoms with E-state index in [1.807, 2.05) is 6.56 Å². The fourth-order valence-electron chi connectivity index (χ4n) is 4.46. The van der Waals surface area contributed by atoms with Gasteiger partial charge in [-0.1, -0.05) is 0 Å². The summed E-state index contributed by atoms with van der Waals surface area (Å²) in [6.45, 7) is 19.1. The fraction of sp³-hybridized carbons (Fsp3) is 0.481. The van der Waals surface area contributed by atoms with Crippen LogP contribution in [0.5, 0.6) is 0 Å². The molecular formula is C27H38Cl2GeZr. The van der Waals surface area contributed by atoms with Crippen molar-refractivity contribution in [1.82, 2.24) is 0 Å². The van der Waals surface area contributed by atoms with Gasteiger partial charge in [0.2, 0.25) is 0 Å². The summed E-state index contributed by atoms with van der Waals surface area (Å²) in [5, 5.41) is 0. The van der Waals surface area contributed by atoms with E-state index in [2.05, 4.69) is 104 Å². The summed E-state index contributed by atoms with van der Waals surface area (Å²) in [4.78, 5) is 0. The molecule has 0 spiro atoms. The van der Waals surface area contributed by atoms with Crippen LogP contribution in [0.25, 0.3) is 0 Å². The molecule has 0 atom stereocenters. The summed E-state index contributed by atoms with van der Waals surface area (Å²) >= 11 is -1.93. The van der Waals surface area contributed by atoms with Crippen LogP contribution >= 0.6 is 0 Å². The average molecular weight is 597 g/mol. The quantitative estimate of drug-likeness (QED) is 0.464. The molecular weight excluding hydrogens is 559 g/mol. The van der Waals surface area contributed by atoms with Gasteiger partial charge in [0.15, 0.2) is 0 Å². The minimum Gasteiger partial charge on any atom is -1.00 e. The third-order valence-corrected chi connectivity index (χ3v) is 37.2. The molecule has 0 bridgehead atoms. The van der Waals surface area contributed by atoms with Gasteiger partial charge in [-0.3, -0.25) is 0 Å². The molecule has 2 aliphatic carbocycles. The van der Waals surface area contributed by atoms with Gasteiger partial charge in [-0.15, -0.1) is 0 Å². The number of benzene rings is 1. The van der Waals surface area contributed by atoms with Crippen LogP contribution in [0.2, 0.25) is 5.76 Å². The smallest absolute Gasteiger partial charge is 1.00 e. The van der Waals surface area contributed by atoms with E-state index in [0.29, 0.717) is 0 Å². The maximum Gasteiger partial charge on any atom is -1.00 e. The second kappa shape index (κ2) is 11.1. The van der Waals surface area contributed by atoms with Crippen LogP contribution in [-0.2, 0) is 18.6 Å². The fourth-order valence-corrected chi connectivity index (χ4v) is 37.9. The van der Waals surface area contributed by atoms with Crippen molar-refractivity contribution in [2.45, 2.75) is 74.0 Å². The minimum absolute atomic E-state index is 0. The molecule has 0 unspecified atom stereocenters. The summed E-state index contributed by atoms with van der Waals surface area (Å²) in [6.07, 6.45) is 7.61. The van der Waals surface area contributed by atoms with E-state index in [4.69, 9.17) is 0 Å². The van der Waals surface area contributed by atoms with Crippen LogP contribution < -0.4 is 29.2 Å². The van der Waals surface area contributed by atoms with Crippen molar-refractivity contribution in [2.75, 3.05) is 0 Å². The van der Waals surface area contributed by atoms with Crippen molar-refractivity contribution in [1.29, 1.82) is 0 Å². The molecule has 31 heavy (non-hydrogen) atoms. The Hall–Kier alpha value is 0.186. The van der Waals surface area contributed by atoms with E-state index in [1.54, 1.807) is 26.7 Å². The second-order valence-corrected chi connectivity index (χ2v) is 35.3. The normalized spacial score (nSPS) is 16.3. The Kier molecular flexibility index (Phi) is 10.4. The molecule has 1 aromatic rings. The van der Waals surface area contributed by atoms with E-state index in [1.165, 1.54) is 12.8 Å². The van der Waals surface area contributed by atoms with Gasteiger partial charge in [-0.05, 0) is 0 Å². The van der Waals surface area contributed by atoms with E-state index >= 15 is 0 Å². The van der Waals surface area contributed by atoms with E-state index in [-0.39, 0.29) is 35.6 Å². The Morgan fingerprint density at radius 1 is 0.710 bits per heavy atom. The Balaban J connectivity index is 0.00000240. The molecule has 0 amide bonds. The summed E-state index contributed by atoms with van der Waals surface area (Å²) in [5.74, 6) is 2.69. The molecule has 168 valence electrons. The molecule has 0 N–H and O–H groups in total. The number of hydrogen-bond acceptors (Lipinski definition) is 0. The van der Waals surface area contributed by atoms with Crippen molar-refractivity contribution in [3.05, 3.63) is 71.3 Å². The van der Waals surface area contributed by atoms with Gasteiger partial charge in [0.25, 0.3) is 0 Å². The molecule has 0 radical (unpaired) electrons. The van der Waals surface area contributed by atoms with Crippen LogP contribution in [0.4, 0.5) is 0 Å². The third-order valence-electron chi connectivity index (χ3n) is 6.58. The summed E-state index contributed by atoms with van der Waals surface area (Å²) in [5.41, 5.74) is 7.12. The molecule has 0 heterocycles. The molecule has 4 heteroatoms. The maximum atomic E-state index is 2.69. The number of rotatable bonds is 3. The number of hydrogen-bond donors (Lipinski definition) is 0. The molecule has 0 saturated carbocycles. The zero-order valence-electron chi connectivity index (χ0n) is 20.7. The first-order valence-electron chi connectivity index (χ1n) is 11.0. The van der Waals surface area contributed by atoms with Crippen molar-refractivity contribution < 1.29 is 43.4 Å². The largest absolute Gasteiger partial charge is 1.00 e. The third kappa shape index (κ3) is 6.62. The van der Waals surface area contributed by atoms with E-state index in [0.717, 1.165) is 0 Å². The van der Waals surface area contributed by atoms with E-state index in [9.17, 15) is 0 Å². The number of allylic oxidation sites excluding steroid dienone is 8. The predicted octanol–water partition coefficient (Wildman–Crippen LogP) is 1.44. The van der Waals surface area contributed by atoms with Gasteiger partial charge in [-0.25, -0.2) is 0 Å². The molecule has 0 fully saturated rings. The zero-order valence-corrected chi connectivity index (χ0v) is 26.8. The topological polar surface area (TPSA) is 0 Å². The first-order chi connectivity index (χ1) is 13.4. The predicted molar refractivity (Wildman–Crippen MR) is 127 cm³/mol. The molecule has 0 saturated heterocycles. The van der Waals surface area contributed by atoms with Gasteiger partial charge in [0.05, 0.1) is 0 Å². The van der Waals surface area contributed by atoms with Crippen molar-refractivity contribution in [2.24, 2.45) is 10.8 Å². The van der Waals surface area contributed by atoms with Gasteiger partial charge in [0, 0.05) is 0 Å². The molecule has 1 aromatic carbocycles. The summed E-state index contributed by atoms with van der Waals surface area (Å²) < 4.78 is 5.53. The molecule has 0 aromatic heterocycles. The molecule has 3 rings (SSSR count). The van der Waals surface area contributed by atoms with Gasteiger partial charge in [0.1, 0.15) is 0 Å². The molecule has 2 aliphatic rings. The summed E-state index contributed by atoms with van der Waals surface area (Å²) in [6, 6.07) is 11.6. The van der Waals surface area contributed by atoms with Crippen LogP contribution in [0, 0.1) is 10.8 Å². The van der Waals surface area contributed by atoms with Gasteiger partial charge in [-0.2, -0.15) is 0 Å². The van der Waals surface area contributed by atoms with Crippen molar-refractivity contribution >= 4 is 14.4 Å². The molecule has 0 nitrogen and oxygen atoms in total. The summed E-state index contributed by atoms with van der Waals surface area (Å²) in [7, 11) is -1.34. The Morgan fingerprint density at radius 2 is 1.10 bits per heavy atom. The van der Waals surface area contributed by atoms with Crippen LogP contribution in [0.15, 0.2) is 71.3 Å². The SMILES string of the molecule is CC1=[C]([Zr+2]([C]2=C(C)C=C(C(C)(C)C)C2)=[Ge]([CH3])[c]2ccccc2)CC(C(C)(C)C)=C1.[Cl-].[Cl-]. The second-order valence-electron chi connectivity index (χ2n) is 10.9. The van der Waals surface area contributed by atoms with E-state index < -0.39 is 28.6 Å². The van der Waals surface area contributed by atoms with Crippen LogP contribution in [0.3, 0.4) is 0 Å². The monoisotopic (exact) mass is 596 g/mol. The number of halogens is 2. The van der Waals surface area contributed by atoms with Crippen LogP contribution in [-0.4, -0.2) is 9.98 Å². The standard InChI is InChI=1S/2C10H15.C7H8Ge.2ClH.Zr/c2*1-8-5-6-9(7-8)10(2,3)4;1-8-7-5-3-2-4-6-7;;;/h2*7H,6H2,1-4H3;2-6H,1H3;2*1H;/q;;;;;+2/p-2. The first kappa shape index (κ1) is 29.2. The van der Waals surface area contributed by atoms with Crippen molar-refractivity contribution in [3.8, 4) is 0 Å². The van der Waals surface area contributed by atoms with Gasteiger partial charge >= 0.3 is 189 Å². The van der Waals surface area contributed by atoms with Crippen molar-refractivity contribution in [3.63, 3.8) is 0 Å². The Bertz CT molecular complexity index is 922. The Morgan fingerprint density at radius 3 is 1.42 bits per heavy atom. The maximum absolute atomic E-state index is 2.69. The Labute approximate surface area is 212 Å². The first-order valence-corrected chi connectivity index (χ1v) is 24.0. The zero-order chi connectivity index (χ0) is 21.6. The van der Waals surface area contributed by atoms with Crippen LogP contribution in [0.1, 0.15) is 68.2 Å².